The molecule has 3 nitrogen and oxygen atoms in total. The van der Waals surface area contributed by atoms with Crippen molar-refractivity contribution in [1.82, 2.24) is 0 Å². The van der Waals surface area contributed by atoms with Gasteiger partial charge in [0.05, 0.1) is 12.2 Å². The van der Waals surface area contributed by atoms with Crippen molar-refractivity contribution in [2.24, 2.45) is 5.73 Å². The van der Waals surface area contributed by atoms with Gasteiger partial charge in [-0.05, 0) is 26.0 Å². The Hall–Kier alpha value is -1.13. The van der Waals surface area contributed by atoms with E-state index in [0.29, 0.717) is 4.99 Å². The predicted octanol–water partition coefficient (Wildman–Crippen LogP) is 1.93. The first kappa shape index (κ1) is 12.3. The second-order valence-electron chi connectivity index (χ2n) is 4.54. The van der Waals surface area contributed by atoms with E-state index in [1.165, 1.54) is 0 Å². The van der Waals surface area contributed by atoms with Crippen LogP contribution in [0.1, 0.15) is 19.4 Å². The molecule has 0 aliphatic carbocycles. The summed E-state index contributed by atoms with van der Waals surface area (Å²) < 4.78 is 5.73. The van der Waals surface area contributed by atoms with Crippen molar-refractivity contribution in [2.45, 2.75) is 26.1 Å². The van der Waals surface area contributed by atoms with E-state index in [4.69, 9.17) is 22.7 Å². The first-order chi connectivity index (χ1) is 8.08. The first-order valence-electron chi connectivity index (χ1n) is 5.87. The fourth-order valence-corrected chi connectivity index (χ4v) is 2.50. The molecule has 1 saturated heterocycles. The maximum Gasteiger partial charge on any atom is 0.106 e. The third kappa shape index (κ3) is 2.76. The number of hydrogen-bond acceptors (Lipinski definition) is 3. The Bertz CT molecular complexity index is 412. The lowest BCUT2D eigenvalue weighted by molar-refractivity contribution is -0.00522. The smallest absolute Gasteiger partial charge is 0.106 e. The SMILES string of the molecule is C[C@@H]1CN(c2ccccc2C(N)=S)C[C@H](C)O1. The Labute approximate surface area is 108 Å². The molecule has 1 aromatic rings. The van der Waals surface area contributed by atoms with Gasteiger partial charge in [-0.3, -0.25) is 0 Å². The van der Waals surface area contributed by atoms with E-state index in [-0.39, 0.29) is 12.2 Å². The molecule has 0 aromatic heterocycles. The molecular formula is C13H18N2OS. The number of para-hydroxylation sites is 1. The molecule has 0 radical (unpaired) electrons. The fraction of sp³-hybridized carbons (Fsp3) is 0.462. The highest BCUT2D eigenvalue weighted by Crippen LogP contribution is 2.24. The van der Waals surface area contributed by atoms with Gasteiger partial charge in [-0.2, -0.15) is 0 Å². The van der Waals surface area contributed by atoms with Gasteiger partial charge in [-0.25, -0.2) is 0 Å². The second-order valence-corrected chi connectivity index (χ2v) is 4.98. The van der Waals surface area contributed by atoms with Crippen LogP contribution in [0.25, 0.3) is 0 Å². The van der Waals surface area contributed by atoms with Crippen molar-refractivity contribution >= 4 is 22.9 Å². The Kier molecular flexibility index (Phi) is 3.64. The summed E-state index contributed by atoms with van der Waals surface area (Å²) in [7, 11) is 0. The maximum absolute atomic E-state index is 5.76. The van der Waals surface area contributed by atoms with Gasteiger partial charge in [0.1, 0.15) is 4.99 Å². The highest BCUT2D eigenvalue weighted by molar-refractivity contribution is 7.80. The van der Waals surface area contributed by atoms with Crippen molar-refractivity contribution in [3.8, 4) is 0 Å². The number of hydrogen-bond donors (Lipinski definition) is 1. The summed E-state index contributed by atoms with van der Waals surface area (Å²) in [4.78, 5) is 2.75. The molecule has 1 aliphatic rings. The van der Waals surface area contributed by atoms with Crippen LogP contribution in [0.3, 0.4) is 0 Å². The minimum absolute atomic E-state index is 0.234. The van der Waals surface area contributed by atoms with E-state index in [1.807, 2.05) is 18.2 Å². The van der Waals surface area contributed by atoms with E-state index >= 15 is 0 Å². The maximum atomic E-state index is 5.76. The van der Waals surface area contributed by atoms with E-state index in [0.717, 1.165) is 24.3 Å². The quantitative estimate of drug-likeness (QED) is 0.814. The summed E-state index contributed by atoms with van der Waals surface area (Å²) in [5.41, 5.74) is 7.82. The monoisotopic (exact) mass is 250 g/mol. The molecule has 1 heterocycles. The number of morpholine rings is 1. The van der Waals surface area contributed by atoms with Crippen LogP contribution in [0.15, 0.2) is 24.3 Å². The van der Waals surface area contributed by atoms with Crippen LogP contribution < -0.4 is 10.6 Å². The Morgan fingerprint density at radius 3 is 2.47 bits per heavy atom. The van der Waals surface area contributed by atoms with Gasteiger partial charge in [-0.15, -0.1) is 0 Å². The molecule has 4 heteroatoms. The molecule has 1 aromatic carbocycles. The van der Waals surface area contributed by atoms with Gasteiger partial charge in [0.15, 0.2) is 0 Å². The van der Waals surface area contributed by atoms with Crippen molar-refractivity contribution in [3.05, 3.63) is 29.8 Å². The molecule has 0 unspecified atom stereocenters. The summed E-state index contributed by atoms with van der Waals surface area (Å²) >= 11 is 5.10. The molecule has 1 fully saturated rings. The van der Waals surface area contributed by atoms with Crippen molar-refractivity contribution in [1.29, 1.82) is 0 Å². The zero-order valence-electron chi connectivity index (χ0n) is 10.2. The fourth-order valence-electron chi connectivity index (χ4n) is 2.33. The van der Waals surface area contributed by atoms with Gasteiger partial charge in [-0.1, -0.05) is 24.4 Å². The lowest BCUT2D eigenvalue weighted by atomic mass is 10.1. The largest absolute Gasteiger partial charge is 0.389 e. The van der Waals surface area contributed by atoms with Crippen LogP contribution in [0, 0.1) is 0 Å². The van der Waals surface area contributed by atoms with Gasteiger partial charge in [0, 0.05) is 24.3 Å². The van der Waals surface area contributed by atoms with Crippen molar-refractivity contribution < 1.29 is 4.74 Å². The molecule has 1 aliphatic heterocycles. The van der Waals surface area contributed by atoms with E-state index in [1.54, 1.807) is 0 Å². The summed E-state index contributed by atoms with van der Waals surface area (Å²) in [6.45, 7) is 5.94. The molecule has 2 N–H and O–H groups in total. The summed E-state index contributed by atoms with van der Waals surface area (Å²) in [5, 5.41) is 0. The van der Waals surface area contributed by atoms with Crippen molar-refractivity contribution in [2.75, 3.05) is 18.0 Å². The van der Waals surface area contributed by atoms with Crippen molar-refractivity contribution in [3.63, 3.8) is 0 Å². The first-order valence-corrected chi connectivity index (χ1v) is 6.28. The molecule has 0 spiro atoms. The van der Waals surface area contributed by atoms with E-state index in [2.05, 4.69) is 24.8 Å². The number of ether oxygens (including phenoxy) is 1. The third-order valence-corrected chi connectivity index (χ3v) is 3.15. The lowest BCUT2D eigenvalue weighted by Gasteiger charge is -2.37. The van der Waals surface area contributed by atoms with Crippen LogP contribution in [0.2, 0.25) is 0 Å². The zero-order chi connectivity index (χ0) is 12.4. The normalized spacial score (nSPS) is 24.7. The molecule has 92 valence electrons. The second kappa shape index (κ2) is 5.02. The van der Waals surface area contributed by atoms with Crippen LogP contribution in [0.5, 0.6) is 0 Å². The highest BCUT2D eigenvalue weighted by Gasteiger charge is 2.24. The zero-order valence-corrected chi connectivity index (χ0v) is 11.0. The van der Waals surface area contributed by atoms with Crippen LogP contribution in [0.4, 0.5) is 5.69 Å². The van der Waals surface area contributed by atoms with E-state index in [9.17, 15) is 0 Å². The third-order valence-electron chi connectivity index (χ3n) is 2.93. The number of nitrogens with two attached hydrogens (primary N) is 1. The molecule has 0 saturated carbocycles. The number of benzene rings is 1. The number of anilines is 1. The molecule has 2 atom stereocenters. The Morgan fingerprint density at radius 2 is 1.88 bits per heavy atom. The predicted molar refractivity (Wildman–Crippen MR) is 74.6 cm³/mol. The lowest BCUT2D eigenvalue weighted by Crippen LogP contribution is -2.46. The molecule has 0 amide bonds. The number of nitrogens with zero attached hydrogens (tertiary/aromatic N) is 1. The minimum atomic E-state index is 0.234. The number of rotatable bonds is 2. The molecule has 2 rings (SSSR count). The van der Waals surface area contributed by atoms with Gasteiger partial charge >= 0.3 is 0 Å². The topological polar surface area (TPSA) is 38.5 Å². The van der Waals surface area contributed by atoms with Gasteiger partial charge < -0.3 is 15.4 Å². The molecule has 17 heavy (non-hydrogen) atoms. The summed E-state index contributed by atoms with van der Waals surface area (Å²) in [6, 6.07) is 8.02. The highest BCUT2D eigenvalue weighted by atomic mass is 32.1. The van der Waals surface area contributed by atoms with Crippen LogP contribution in [-0.4, -0.2) is 30.3 Å². The minimum Gasteiger partial charge on any atom is -0.389 e. The summed E-state index contributed by atoms with van der Waals surface area (Å²) in [5.74, 6) is 0. The molecule has 0 bridgehead atoms. The molecular weight excluding hydrogens is 232 g/mol. The Morgan fingerprint density at radius 1 is 1.29 bits per heavy atom. The van der Waals surface area contributed by atoms with E-state index < -0.39 is 0 Å². The average molecular weight is 250 g/mol. The average Bonchev–Trinajstić information content (AvgIpc) is 2.27. The summed E-state index contributed by atoms with van der Waals surface area (Å²) in [6.07, 6.45) is 0.469. The van der Waals surface area contributed by atoms with Crippen LogP contribution >= 0.6 is 12.2 Å². The van der Waals surface area contributed by atoms with Gasteiger partial charge in [0.2, 0.25) is 0 Å². The Balaban J connectivity index is 2.30. The van der Waals surface area contributed by atoms with Gasteiger partial charge in [0.25, 0.3) is 0 Å². The number of thiocarbonyl (C=S) groups is 1. The van der Waals surface area contributed by atoms with Crippen LogP contribution in [-0.2, 0) is 4.74 Å². The standard InChI is InChI=1S/C13H18N2OS/c1-9-7-15(8-10(2)16-9)12-6-4-3-5-11(12)13(14)17/h3-6,9-10H,7-8H2,1-2H3,(H2,14,17)/t9-,10+.